The zero-order chi connectivity index (χ0) is 17.8. The number of hydrogen-bond acceptors (Lipinski definition) is 5. The molecule has 2 aromatic carbocycles. The number of hydroxylamine groups is 2. The summed E-state index contributed by atoms with van der Waals surface area (Å²) in [6, 6.07) is 14.6. The van der Waals surface area contributed by atoms with Crippen LogP contribution >= 0.6 is 0 Å². The number of carbonyl (C=O) groups excluding carboxylic acids is 3. The molecule has 0 aromatic heterocycles. The van der Waals surface area contributed by atoms with Crippen molar-refractivity contribution in [3.63, 3.8) is 0 Å². The fourth-order valence-corrected chi connectivity index (χ4v) is 2.48. The summed E-state index contributed by atoms with van der Waals surface area (Å²) in [6.07, 6.45) is 0.122. The monoisotopic (exact) mass is 339 g/mol. The van der Waals surface area contributed by atoms with Gasteiger partial charge in [-0.2, -0.15) is 0 Å². The van der Waals surface area contributed by atoms with Gasteiger partial charge in [-0.25, -0.2) is 4.79 Å². The Hall–Kier alpha value is -3.15. The third-order valence-electron chi connectivity index (χ3n) is 3.71. The molecule has 0 aliphatic carbocycles. The highest BCUT2D eigenvalue weighted by Gasteiger charge is 2.33. The molecule has 0 spiro atoms. The van der Waals surface area contributed by atoms with Gasteiger partial charge in [-0.15, -0.1) is 5.06 Å². The largest absolute Gasteiger partial charge is 0.489 e. The molecular formula is C19H17NO5. The summed E-state index contributed by atoms with van der Waals surface area (Å²) < 4.78 is 5.72. The fraction of sp³-hybridized carbons (Fsp3) is 0.211. The van der Waals surface area contributed by atoms with Crippen molar-refractivity contribution in [1.82, 2.24) is 5.06 Å². The summed E-state index contributed by atoms with van der Waals surface area (Å²) in [6.45, 7) is 2.18. The Bertz CT molecular complexity index is 800. The topological polar surface area (TPSA) is 72.9 Å². The lowest BCUT2D eigenvalue weighted by Gasteiger charge is -2.14. The Labute approximate surface area is 144 Å². The van der Waals surface area contributed by atoms with Crippen LogP contribution < -0.4 is 4.74 Å². The van der Waals surface area contributed by atoms with E-state index in [1.165, 1.54) is 6.07 Å². The summed E-state index contributed by atoms with van der Waals surface area (Å²) in [7, 11) is 0. The molecule has 1 fully saturated rings. The molecule has 128 valence electrons. The van der Waals surface area contributed by atoms with Crippen LogP contribution in [0, 0.1) is 6.92 Å². The summed E-state index contributed by atoms with van der Waals surface area (Å²) >= 11 is 0. The van der Waals surface area contributed by atoms with Crippen molar-refractivity contribution < 1.29 is 24.0 Å². The van der Waals surface area contributed by atoms with Crippen molar-refractivity contribution in [3.05, 3.63) is 65.2 Å². The average molecular weight is 339 g/mol. The van der Waals surface area contributed by atoms with E-state index in [9.17, 15) is 14.4 Å². The van der Waals surface area contributed by atoms with Gasteiger partial charge >= 0.3 is 5.97 Å². The van der Waals surface area contributed by atoms with Gasteiger partial charge < -0.3 is 9.57 Å². The number of ether oxygens (including phenoxy) is 1. The number of carbonyl (C=O) groups is 3. The van der Waals surface area contributed by atoms with E-state index in [-0.39, 0.29) is 18.4 Å². The van der Waals surface area contributed by atoms with Crippen LogP contribution in [0.4, 0.5) is 0 Å². The van der Waals surface area contributed by atoms with Crippen LogP contribution in [0.1, 0.15) is 34.3 Å². The van der Waals surface area contributed by atoms with E-state index in [4.69, 9.17) is 9.57 Å². The van der Waals surface area contributed by atoms with Gasteiger partial charge in [0.05, 0.1) is 5.56 Å². The fourth-order valence-electron chi connectivity index (χ4n) is 2.48. The molecule has 1 heterocycles. The maximum atomic E-state index is 12.2. The van der Waals surface area contributed by atoms with Gasteiger partial charge in [0, 0.05) is 12.8 Å². The van der Waals surface area contributed by atoms with Crippen LogP contribution in [0.3, 0.4) is 0 Å². The van der Waals surface area contributed by atoms with E-state index >= 15 is 0 Å². The molecule has 1 aliphatic heterocycles. The second-order valence-electron chi connectivity index (χ2n) is 5.77. The van der Waals surface area contributed by atoms with Crippen LogP contribution in [0.25, 0.3) is 0 Å². The minimum Gasteiger partial charge on any atom is -0.489 e. The first-order valence-corrected chi connectivity index (χ1v) is 7.89. The average Bonchev–Trinajstić information content (AvgIpc) is 2.92. The minimum atomic E-state index is -0.767. The van der Waals surface area contributed by atoms with Crippen LogP contribution in [0.15, 0.2) is 48.5 Å². The molecule has 25 heavy (non-hydrogen) atoms. The minimum absolute atomic E-state index is 0.0609. The van der Waals surface area contributed by atoms with E-state index in [0.717, 1.165) is 11.1 Å². The Morgan fingerprint density at radius 2 is 1.72 bits per heavy atom. The van der Waals surface area contributed by atoms with Crippen molar-refractivity contribution >= 4 is 17.8 Å². The number of nitrogens with zero attached hydrogens (tertiary/aromatic N) is 1. The Kier molecular flexibility index (Phi) is 4.79. The van der Waals surface area contributed by atoms with Gasteiger partial charge in [0.1, 0.15) is 12.4 Å². The first-order valence-electron chi connectivity index (χ1n) is 7.89. The number of rotatable bonds is 5. The molecule has 6 nitrogen and oxygen atoms in total. The van der Waals surface area contributed by atoms with Gasteiger partial charge in [0.25, 0.3) is 11.8 Å². The van der Waals surface area contributed by atoms with E-state index in [2.05, 4.69) is 0 Å². The first kappa shape index (κ1) is 16.7. The quantitative estimate of drug-likeness (QED) is 0.783. The van der Waals surface area contributed by atoms with Crippen molar-refractivity contribution in [2.45, 2.75) is 26.4 Å². The predicted molar refractivity (Wildman–Crippen MR) is 88.5 cm³/mol. The molecule has 1 aliphatic rings. The molecule has 3 rings (SSSR count). The van der Waals surface area contributed by atoms with Gasteiger partial charge in [0.15, 0.2) is 0 Å². The van der Waals surface area contributed by atoms with Crippen LogP contribution in [0.5, 0.6) is 5.75 Å². The summed E-state index contributed by atoms with van der Waals surface area (Å²) in [5, 5.41) is 0.537. The maximum absolute atomic E-state index is 12.2. The normalized spacial score (nSPS) is 13.9. The van der Waals surface area contributed by atoms with Crippen LogP contribution in [-0.2, 0) is 21.0 Å². The molecule has 0 unspecified atom stereocenters. The SMILES string of the molecule is Cc1cc(OCc2ccccc2)cc(C(=O)ON2C(=O)CCC2=O)c1. The van der Waals surface area contributed by atoms with Gasteiger partial charge in [-0.05, 0) is 36.2 Å². The number of benzene rings is 2. The molecule has 0 saturated carbocycles. The van der Waals surface area contributed by atoms with Crippen molar-refractivity contribution in [2.75, 3.05) is 0 Å². The molecule has 0 bridgehead atoms. The second-order valence-corrected chi connectivity index (χ2v) is 5.77. The molecule has 0 N–H and O–H groups in total. The van der Waals surface area contributed by atoms with Crippen LogP contribution in [0.2, 0.25) is 0 Å². The third kappa shape index (κ3) is 4.03. The lowest BCUT2D eigenvalue weighted by Crippen LogP contribution is -2.32. The highest BCUT2D eigenvalue weighted by Crippen LogP contribution is 2.21. The highest BCUT2D eigenvalue weighted by molar-refractivity contribution is 6.02. The molecule has 0 atom stereocenters. The number of hydrogen-bond donors (Lipinski definition) is 0. The molecular weight excluding hydrogens is 322 g/mol. The lowest BCUT2D eigenvalue weighted by molar-refractivity contribution is -0.172. The van der Waals surface area contributed by atoms with E-state index < -0.39 is 17.8 Å². The smallest absolute Gasteiger partial charge is 0.364 e. The maximum Gasteiger partial charge on any atom is 0.364 e. The molecule has 6 heteroatoms. The van der Waals surface area contributed by atoms with E-state index in [1.54, 1.807) is 12.1 Å². The van der Waals surface area contributed by atoms with E-state index in [1.807, 2.05) is 37.3 Å². The van der Waals surface area contributed by atoms with Crippen molar-refractivity contribution in [1.29, 1.82) is 0 Å². The van der Waals surface area contributed by atoms with Gasteiger partial charge in [-0.3, -0.25) is 9.59 Å². The first-order chi connectivity index (χ1) is 12.0. The number of aryl methyl sites for hydroxylation is 1. The van der Waals surface area contributed by atoms with Crippen molar-refractivity contribution in [2.24, 2.45) is 0 Å². The second kappa shape index (κ2) is 7.17. The molecule has 0 radical (unpaired) electrons. The summed E-state index contributed by atoms with van der Waals surface area (Å²) in [5.41, 5.74) is 2.02. The molecule has 2 amide bonds. The van der Waals surface area contributed by atoms with Gasteiger partial charge in [0.2, 0.25) is 0 Å². The zero-order valence-electron chi connectivity index (χ0n) is 13.7. The number of imide groups is 1. The Morgan fingerprint density at radius 1 is 1.04 bits per heavy atom. The molecule has 2 aromatic rings. The third-order valence-corrected chi connectivity index (χ3v) is 3.71. The lowest BCUT2D eigenvalue weighted by atomic mass is 10.1. The van der Waals surface area contributed by atoms with Crippen LogP contribution in [-0.4, -0.2) is 22.8 Å². The van der Waals surface area contributed by atoms with Crippen molar-refractivity contribution in [3.8, 4) is 5.75 Å². The number of amides is 2. The van der Waals surface area contributed by atoms with Gasteiger partial charge in [-0.1, -0.05) is 30.3 Å². The Morgan fingerprint density at radius 3 is 2.40 bits per heavy atom. The van der Waals surface area contributed by atoms with E-state index in [0.29, 0.717) is 17.4 Å². The summed E-state index contributed by atoms with van der Waals surface area (Å²) in [4.78, 5) is 40.3. The zero-order valence-corrected chi connectivity index (χ0v) is 13.7. The summed E-state index contributed by atoms with van der Waals surface area (Å²) in [5.74, 6) is -1.27. The highest BCUT2D eigenvalue weighted by atomic mass is 16.7. The standard InChI is InChI=1S/C19H17NO5/c1-13-9-15(19(23)25-20-17(21)7-8-18(20)22)11-16(10-13)24-12-14-5-3-2-4-6-14/h2-6,9-11H,7-8,12H2,1H3. The molecule has 1 saturated heterocycles. The predicted octanol–water partition coefficient (Wildman–Crippen LogP) is 2.79. The Balaban J connectivity index is 1.71.